The molecule has 0 spiro atoms. The first-order valence-electron chi connectivity index (χ1n) is 9.41. The number of aliphatic hydroxyl groups excluding tert-OH is 3. The molecule has 0 aromatic carbocycles. The predicted molar refractivity (Wildman–Crippen MR) is 105 cm³/mol. The summed E-state index contributed by atoms with van der Waals surface area (Å²) in [6, 6.07) is 0. The fraction of sp³-hybridized carbons (Fsp3) is 0.889. The number of rotatable bonds is 16. The Labute approximate surface area is 244 Å². The summed E-state index contributed by atoms with van der Waals surface area (Å²) in [5, 5.41) is 45.4. The zero-order chi connectivity index (χ0) is 24.7. The van der Waals surface area contributed by atoms with Crippen LogP contribution in [0, 0.1) is 0 Å². The van der Waals surface area contributed by atoms with Gasteiger partial charge in [-0.2, -0.15) is 0 Å². The number of aliphatic carboxylic acids is 2. The van der Waals surface area contributed by atoms with Crippen LogP contribution in [0.5, 0.6) is 0 Å². The first-order valence-corrected chi connectivity index (χ1v) is 9.95. The Kier molecular flexibility index (Phi) is 43.8. The van der Waals surface area contributed by atoms with Crippen molar-refractivity contribution >= 4 is 23.5 Å². The van der Waals surface area contributed by atoms with Gasteiger partial charge in [0, 0.05) is 14.2 Å². The molecule has 0 bridgehead atoms. The molecule has 12 nitrogen and oxygen atoms in total. The number of aliphatic hydroxyl groups is 3. The van der Waals surface area contributed by atoms with Crippen LogP contribution in [0.15, 0.2) is 0 Å². The third kappa shape index (κ3) is 32.9. The molecule has 0 saturated carbocycles. The van der Waals surface area contributed by atoms with Gasteiger partial charge in [0.15, 0.2) is 12.6 Å². The Morgan fingerprint density at radius 1 is 0.818 bits per heavy atom. The minimum atomic E-state index is -1.29. The number of carbonyl (C=O) groups excluding carboxylic acids is 2. The summed E-state index contributed by atoms with van der Waals surface area (Å²) in [6.07, 6.45) is -0.533. The van der Waals surface area contributed by atoms with E-state index < -0.39 is 37.0 Å². The second kappa shape index (κ2) is 32.9. The molecule has 0 fully saturated rings. The molecule has 0 aromatic rings. The number of halogens is 1. The molecule has 4 atom stereocenters. The van der Waals surface area contributed by atoms with Crippen LogP contribution in [0.1, 0.15) is 26.7 Å². The van der Waals surface area contributed by atoms with Crippen LogP contribution < -0.4 is 69.3 Å². The van der Waals surface area contributed by atoms with Crippen LogP contribution in [0.2, 0.25) is 0 Å². The molecule has 0 rings (SSSR count). The number of alkyl halides is 1. The number of carboxylic acids is 2. The molecule has 3 N–H and O–H groups in total. The van der Waals surface area contributed by atoms with Crippen molar-refractivity contribution in [3.05, 3.63) is 0 Å². The van der Waals surface area contributed by atoms with Crippen LogP contribution in [-0.2, 0) is 33.3 Å². The van der Waals surface area contributed by atoms with Gasteiger partial charge < -0.3 is 58.8 Å². The molecule has 33 heavy (non-hydrogen) atoms. The van der Waals surface area contributed by atoms with Crippen molar-refractivity contribution in [2.45, 2.75) is 51.5 Å². The molecular weight excluding hydrogens is 490 g/mol. The van der Waals surface area contributed by atoms with Crippen molar-refractivity contribution in [1.82, 2.24) is 0 Å². The molecule has 188 valence electrons. The fourth-order valence-corrected chi connectivity index (χ4v) is 1.54. The summed E-state index contributed by atoms with van der Waals surface area (Å²) in [5.74, 6) is -2.94. The summed E-state index contributed by atoms with van der Waals surface area (Å²) >= 11 is 4.67. The summed E-state index contributed by atoms with van der Waals surface area (Å²) in [7, 11) is 2.86. The van der Waals surface area contributed by atoms with E-state index in [9.17, 15) is 9.90 Å². The van der Waals surface area contributed by atoms with E-state index in [0.29, 0.717) is 12.8 Å². The van der Waals surface area contributed by atoms with Gasteiger partial charge in [-0.25, -0.2) is 0 Å². The molecule has 0 aromatic heterocycles. The van der Waals surface area contributed by atoms with E-state index in [1.54, 1.807) is 0 Å². The quantitative estimate of drug-likeness (QED) is 0.0984. The van der Waals surface area contributed by atoms with Gasteiger partial charge in [-0.3, -0.25) is 0 Å². The minimum absolute atomic E-state index is 0. The molecule has 4 unspecified atom stereocenters. The van der Waals surface area contributed by atoms with Crippen LogP contribution in [0.4, 0.5) is 0 Å². The van der Waals surface area contributed by atoms with Gasteiger partial charge in [-0.05, 0) is 12.8 Å². The molecule has 0 amide bonds. The topological polar surface area (TPSA) is 187 Å². The van der Waals surface area contributed by atoms with E-state index >= 15 is 0 Å². The van der Waals surface area contributed by atoms with Crippen LogP contribution in [-0.4, -0.2) is 105 Å². The Morgan fingerprint density at radius 2 is 1.21 bits per heavy atom. The number of ether oxygens (including phenoxy) is 5. The summed E-state index contributed by atoms with van der Waals surface area (Å²) in [4.78, 5) is 19.2. The van der Waals surface area contributed by atoms with E-state index in [1.165, 1.54) is 14.2 Å². The van der Waals surface area contributed by atoms with E-state index in [4.69, 9.17) is 48.9 Å². The van der Waals surface area contributed by atoms with Gasteiger partial charge >= 0.3 is 59.1 Å². The second-order valence-electron chi connectivity index (χ2n) is 5.60. The van der Waals surface area contributed by atoms with Crippen molar-refractivity contribution in [1.29, 1.82) is 0 Å². The molecule has 0 aliphatic rings. The summed E-state index contributed by atoms with van der Waals surface area (Å²) in [5.41, 5.74) is 0. The van der Waals surface area contributed by atoms with Crippen molar-refractivity contribution in [3.8, 4) is 0 Å². The van der Waals surface area contributed by atoms with Gasteiger partial charge in [0.2, 0.25) is 0 Å². The summed E-state index contributed by atoms with van der Waals surface area (Å²) < 4.78 is 24.8. The largest absolute Gasteiger partial charge is 1.00 e. The zero-order valence-corrected chi connectivity index (χ0v) is 25.1. The van der Waals surface area contributed by atoms with E-state index in [0.717, 1.165) is 0 Å². The van der Waals surface area contributed by atoms with Gasteiger partial charge in [-0.15, -0.1) is 11.6 Å². The Bertz CT molecular complexity index is 402. The minimum Gasteiger partial charge on any atom is -0.549 e. The molecular formula is C18H35ClNa2O12. The van der Waals surface area contributed by atoms with Crippen molar-refractivity contribution in [2.24, 2.45) is 0 Å². The number of methoxy groups -OCH3 is 2. The van der Waals surface area contributed by atoms with E-state index in [-0.39, 0.29) is 97.8 Å². The molecule has 0 heterocycles. The van der Waals surface area contributed by atoms with Gasteiger partial charge in [0.25, 0.3) is 0 Å². The third-order valence-electron chi connectivity index (χ3n) is 3.26. The maximum absolute atomic E-state index is 10.0. The van der Waals surface area contributed by atoms with Crippen LogP contribution in [0.25, 0.3) is 0 Å². The number of hydrogen-bond acceptors (Lipinski definition) is 12. The average Bonchev–Trinajstić information content (AvgIpc) is 2.77. The maximum Gasteiger partial charge on any atom is 1.00 e. The Morgan fingerprint density at radius 3 is 1.45 bits per heavy atom. The van der Waals surface area contributed by atoms with E-state index in [2.05, 4.69) is 11.6 Å². The summed E-state index contributed by atoms with van der Waals surface area (Å²) in [6.45, 7) is 2.89. The van der Waals surface area contributed by atoms with Crippen LogP contribution in [0.3, 0.4) is 0 Å². The molecule has 15 heteroatoms. The number of carboxylic acid groups (broad SMARTS) is 2. The Hall–Kier alpha value is 0.910. The predicted octanol–water partition coefficient (Wildman–Crippen LogP) is -8.77. The van der Waals surface area contributed by atoms with Crippen molar-refractivity contribution in [2.75, 3.05) is 53.1 Å². The average molecular weight is 525 g/mol. The smallest absolute Gasteiger partial charge is 0.549 e. The number of hydrogen-bond donors (Lipinski definition) is 3. The maximum atomic E-state index is 10.0. The first-order chi connectivity index (χ1) is 14.7. The van der Waals surface area contributed by atoms with Crippen molar-refractivity contribution in [3.63, 3.8) is 0 Å². The van der Waals surface area contributed by atoms with Gasteiger partial charge in [0.1, 0.15) is 0 Å². The first kappa shape index (κ1) is 43.9. The van der Waals surface area contributed by atoms with E-state index in [1.807, 2.05) is 13.8 Å². The molecule has 0 aliphatic carbocycles. The van der Waals surface area contributed by atoms with Gasteiger partial charge in [0.05, 0.1) is 63.1 Å². The molecule has 0 saturated heterocycles. The zero-order valence-electron chi connectivity index (χ0n) is 20.4. The number of carbonyl (C=O) groups is 2. The SMILES string of the molecule is CCC(CO)OC(CO)OC.CCC(CO)OC(COCC(=O)[O-])OC.O=C([O-])CCl.[Na+].[Na+]. The van der Waals surface area contributed by atoms with Gasteiger partial charge in [-0.1, -0.05) is 13.8 Å². The molecule has 0 aliphatic heterocycles. The monoisotopic (exact) mass is 524 g/mol. The van der Waals surface area contributed by atoms with Crippen LogP contribution >= 0.6 is 11.6 Å². The normalized spacial score (nSPS) is 13.3. The standard InChI is InChI=1S/C9H18O6.C7H16O4.C2H3ClO2.2Na/c1-3-7(4-10)15-9(13-2)6-14-5-8(11)12;1-3-6(4-8)11-7(5-9)10-2;3-1-2(4)5;;/h7,9-10H,3-6H2,1-2H3,(H,11,12);6-9H,3-5H2,1-2H3;1H2,(H,4,5);;/q;;;2*+1/p-2. The Balaban J connectivity index is -0.000000128. The fourth-order valence-electron chi connectivity index (χ4n) is 1.54. The third-order valence-corrected chi connectivity index (χ3v) is 3.48. The molecule has 0 radical (unpaired) electrons. The van der Waals surface area contributed by atoms with Crippen molar-refractivity contribution < 1.29 is 118 Å². The second-order valence-corrected chi connectivity index (χ2v) is 5.87.